The van der Waals surface area contributed by atoms with Gasteiger partial charge in [0.15, 0.2) is 0 Å². The van der Waals surface area contributed by atoms with Crippen molar-refractivity contribution < 1.29 is 12.8 Å². The van der Waals surface area contributed by atoms with Crippen molar-refractivity contribution in [2.24, 2.45) is 0 Å². The van der Waals surface area contributed by atoms with Crippen LogP contribution in [0.15, 0.2) is 47.9 Å². The van der Waals surface area contributed by atoms with Crippen molar-refractivity contribution in [1.29, 1.82) is 0 Å². The summed E-state index contributed by atoms with van der Waals surface area (Å²) in [4.78, 5) is 0. The Morgan fingerprint density at radius 1 is 1.17 bits per heavy atom. The molecule has 3 nitrogen and oxygen atoms in total. The summed E-state index contributed by atoms with van der Waals surface area (Å²) in [5.74, 6) is -0.526. The number of benzene rings is 2. The molecule has 0 unspecified atom stereocenters. The van der Waals surface area contributed by atoms with Gasteiger partial charge in [-0.3, -0.25) is 0 Å². The molecule has 0 heterocycles. The predicted molar refractivity (Wildman–Crippen MR) is 92.0 cm³/mol. The topological polar surface area (TPSA) is 37.4 Å². The van der Waals surface area contributed by atoms with E-state index < -0.39 is 15.8 Å². The lowest BCUT2D eigenvalue weighted by Gasteiger charge is -2.16. The standard InChI is InChI=1S/C17H17ClFNO2S/c1-13-6-8-14(9-7-13)10-11-23(21,22)20(2)12-15-16(18)4-3-5-17(15)19/h3-11H,12H2,1-2H3/b11-10+. The van der Waals surface area contributed by atoms with Crippen LogP contribution in [0.4, 0.5) is 4.39 Å². The fraction of sp³-hybridized carbons (Fsp3) is 0.176. The van der Waals surface area contributed by atoms with Gasteiger partial charge in [-0.25, -0.2) is 12.8 Å². The zero-order valence-corrected chi connectivity index (χ0v) is 14.4. The molecule has 0 N–H and O–H groups in total. The monoisotopic (exact) mass is 353 g/mol. The Labute approximate surface area is 141 Å². The molecule has 2 aromatic carbocycles. The van der Waals surface area contributed by atoms with Crippen LogP contribution >= 0.6 is 11.6 Å². The van der Waals surface area contributed by atoms with Crippen LogP contribution in [0.3, 0.4) is 0 Å². The molecular formula is C17H17ClFNO2S. The summed E-state index contributed by atoms with van der Waals surface area (Å²) in [5.41, 5.74) is 2.02. The highest BCUT2D eigenvalue weighted by Crippen LogP contribution is 2.21. The molecule has 0 aliphatic heterocycles. The molecule has 0 aromatic heterocycles. The summed E-state index contributed by atoms with van der Waals surface area (Å²) in [6.45, 7) is 1.82. The van der Waals surface area contributed by atoms with E-state index in [1.165, 1.54) is 31.3 Å². The highest BCUT2D eigenvalue weighted by molar-refractivity contribution is 7.92. The summed E-state index contributed by atoms with van der Waals surface area (Å²) in [6, 6.07) is 11.7. The highest BCUT2D eigenvalue weighted by atomic mass is 35.5. The molecule has 0 atom stereocenters. The van der Waals surface area contributed by atoms with Gasteiger partial charge in [0.2, 0.25) is 10.0 Å². The number of hydrogen-bond donors (Lipinski definition) is 0. The number of sulfonamides is 1. The predicted octanol–water partition coefficient (Wildman–Crippen LogP) is 4.22. The molecule has 0 spiro atoms. The largest absolute Gasteiger partial charge is 0.236 e. The summed E-state index contributed by atoms with van der Waals surface area (Å²) < 4.78 is 39.4. The highest BCUT2D eigenvalue weighted by Gasteiger charge is 2.18. The molecule has 6 heteroatoms. The molecule has 122 valence electrons. The van der Waals surface area contributed by atoms with Crippen molar-refractivity contribution in [2.75, 3.05) is 7.05 Å². The number of aryl methyl sites for hydroxylation is 1. The zero-order chi connectivity index (χ0) is 17.0. The first-order valence-corrected chi connectivity index (χ1v) is 8.82. The molecule has 0 bridgehead atoms. The van der Waals surface area contributed by atoms with Crippen molar-refractivity contribution in [1.82, 2.24) is 4.31 Å². The third-order valence-electron chi connectivity index (χ3n) is 3.39. The van der Waals surface area contributed by atoms with E-state index in [9.17, 15) is 12.8 Å². The SMILES string of the molecule is Cc1ccc(/C=C/S(=O)(=O)N(C)Cc2c(F)cccc2Cl)cc1. The number of halogens is 2. The van der Waals surface area contributed by atoms with Crippen LogP contribution in [-0.4, -0.2) is 19.8 Å². The normalized spacial score (nSPS) is 12.2. The zero-order valence-electron chi connectivity index (χ0n) is 12.8. The van der Waals surface area contributed by atoms with E-state index in [0.29, 0.717) is 0 Å². The van der Waals surface area contributed by atoms with Crippen LogP contribution in [0, 0.1) is 12.7 Å². The average molecular weight is 354 g/mol. The van der Waals surface area contributed by atoms with Gasteiger partial charge in [0.1, 0.15) is 5.82 Å². The van der Waals surface area contributed by atoms with E-state index >= 15 is 0 Å². The van der Waals surface area contributed by atoms with Crippen molar-refractivity contribution >= 4 is 27.7 Å². The molecule has 0 saturated carbocycles. The van der Waals surface area contributed by atoms with Gasteiger partial charge >= 0.3 is 0 Å². The lowest BCUT2D eigenvalue weighted by molar-refractivity contribution is 0.464. The van der Waals surface area contributed by atoms with E-state index in [0.717, 1.165) is 20.8 Å². The van der Waals surface area contributed by atoms with Crippen LogP contribution in [0.25, 0.3) is 6.08 Å². The van der Waals surface area contributed by atoms with Gasteiger partial charge in [0.05, 0.1) is 0 Å². The first-order valence-electron chi connectivity index (χ1n) is 6.93. The van der Waals surface area contributed by atoms with Gasteiger partial charge in [0.25, 0.3) is 0 Å². The minimum Gasteiger partial charge on any atom is -0.208 e. The minimum absolute atomic E-state index is 0.133. The third-order valence-corrected chi connectivity index (χ3v) is 5.22. The lowest BCUT2D eigenvalue weighted by Crippen LogP contribution is -2.25. The second-order valence-corrected chi connectivity index (χ2v) is 7.55. The quantitative estimate of drug-likeness (QED) is 0.807. The molecule has 0 aliphatic rings. The molecule has 0 radical (unpaired) electrons. The summed E-state index contributed by atoms with van der Waals surface area (Å²) >= 11 is 5.93. The molecule has 0 fully saturated rings. The van der Waals surface area contributed by atoms with E-state index in [-0.39, 0.29) is 17.1 Å². The molecule has 0 saturated heterocycles. The Kier molecular flexibility index (Phi) is 5.57. The molecule has 0 amide bonds. The fourth-order valence-corrected chi connectivity index (χ4v) is 3.01. The third kappa shape index (κ3) is 4.64. The maximum atomic E-state index is 13.8. The van der Waals surface area contributed by atoms with E-state index in [1.807, 2.05) is 31.2 Å². The Bertz CT molecular complexity index is 797. The number of rotatable bonds is 5. The molecular weight excluding hydrogens is 337 g/mol. The average Bonchev–Trinajstić information content (AvgIpc) is 2.50. The Hall–Kier alpha value is -1.69. The van der Waals surface area contributed by atoms with Crippen LogP contribution < -0.4 is 0 Å². The van der Waals surface area contributed by atoms with Crippen molar-refractivity contribution in [2.45, 2.75) is 13.5 Å². The number of hydrogen-bond acceptors (Lipinski definition) is 2. The van der Waals surface area contributed by atoms with E-state index in [4.69, 9.17) is 11.6 Å². The summed E-state index contributed by atoms with van der Waals surface area (Å²) in [7, 11) is -2.29. The van der Waals surface area contributed by atoms with Crippen LogP contribution in [0.2, 0.25) is 5.02 Å². The molecule has 0 aliphatic carbocycles. The van der Waals surface area contributed by atoms with Crippen LogP contribution in [-0.2, 0) is 16.6 Å². The Morgan fingerprint density at radius 3 is 2.43 bits per heavy atom. The van der Waals surface area contributed by atoms with Gasteiger partial charge in [-0.15, -0.1) is 0 Å². The first-order chi connectivity index (χ1) is 10.8. The minimum atomic E-state index is -3.67. The fourth-order valence-electron chi connectivity index (χ4n) is 1.94. The van der Waals surface area contributed by atoms with Crippen LogP contribution in [0.5, 0.6) is 0 Å². The van der Waals surface area contributed by atoms with Crippen molar-refractivity contribution in [3.05, 3.63) is 75.4 Å². The second-order valence-electron chi connectivity index (χ2n) is 5.21. The van der Waals surface area contributed by atoms with Crippen molar-refractivity contribution in [3.8, 4) is 0 Å². The van der Waals surface area contributed by atoms with Gasteiger partial charge in [-0.1, -0.05) is 47.5 Å². The van der Waals surface area contributed by atoms with Crippen molar-refractivity contribution in [3.63, 3.8) is 0 Å². The van der Waals surface area contributed by atoms with E-state index in [2.05, 4.69) is 0 Å². The van der Waals surface area contributed by atoms with Gasteiger partial charge in [0, 0.05) is 29.6 Å². The Balaban J connectivity index is 2.17. The molecule has 2 aromatic rings. The van der Waals surface area contributed by atoms with Gasteiger partial charge in [-0.2, -0.15) is 4.31 Å². The number of nitrogens with zero attached hydrogens (tertiary/aromatic N) is 1. The van der Waals surface area contributed by atoms with Gasteiger partial charge < -0.3 is 0 Å². The Morgan fingerprint density at radius 2 is 1.83 bits per heavy atom. The second kappa shape index (κ2) is 7.25. The summed E-state index contributed by atoms with van der Waals surface area (Å²) in [6.07, 6.45) is 1.51. The molecule has 2 rings (SSSR count). The lowest BCUT2D eigenvalue weighted by atomic mass is 10.2. The van der Waals surface area contributed by atoms with E-state index in [1.54, 1.807) is 0 Å². The van der Waals surface area contributed by atoms with Gasteiger partial charge in [-0.05, 0) is 30.7 Å². The maximum absolute atomic E-state index is 13.8. The van der Waals surface area contributed by atoms with Crippen LogP contribution in [0.1, 0.15) is 16.7 Å². The summed E-state index contributed by atoms with van der Waals surface area (Å²) in [5, 5.41) is 1.31. The maximum Gasteiger partial charge on any atom is 0.236 e. The smallest absolute Gasteiger partial charge is 0.208 e. The first kappa shape index (κ1) is 17.7. The molecule has 23 heavy (non-hydrogen) atoms.